The summed E-state index contributed by atoms with van der Waals surface area (Å²) in [6, 6.07) is 18.9. The topological polar surface area (TPSA) is 47.3 Å². The van der Waals surface area contributed by atoms with Gasteiger partial charge in [0.1, 0.15) is 0 Å². The zero-order valence-electron chi connectivity index (χ0n) is 14.5. The van der Waals surface area contributed by atoms with Crippen LogP contribution in [-0.4, -0.2) is 21.7 Å². The van der Waals surface area contributed by atoms with Crippen LogP contribution in [0.15, 0.2) is 78.0 Å². The first-order valence-corrected chi connectivity index (χ1v) is 9.54. The first kappa shape index (κ1) is 18.1. The normalized spacial score (nSPS) is 11.1. The lowest BCUT2D eigenvalue weighted by molar-refractivity contribution is 0.469. The van der Waals surface area contributed by atoms with E-state index < -0.39 is 7.12 Å². The highest BCUT2D eigenvalue weighted by molar-refractivity contribution is 7.95. The monoisotopic (exact) mass is 394 g/mol. The van der Waals surface area contributed by atoms with Gasteiger partial charge in [-0.05, 0) is 36.7 Å². The molecule has 0 bridgehead atoms. The fourth-order valence-electron chi connectivity index (χ4n) is 3.05. The Kier molecular flexibility index (Phi) is 5.23. The minimum absolute atomic E-state index is 0.659. The lowest BCUT2D eigenvalue weighted by Crippen LogP contribution is -2.31. The van der Waals surface area contributed by atoms with Crippen LogP contribution in [0.5, 0.6) is 0 Å². The van der Waals surface area contributed by atoms with E-state index in [4.69, 9.17) is 15.7 Å². The quantitative estimate of drug-likeness (QED) is 0.402. The van der Waals surface area contributed by atoms with Crippen molar-refractivity contribution < 1.29 is 9.12 Å². The van der Waals surface area contributed by atoms with Gasteiger partial charge in [-0.1, -0.05) is 48.0 Å². The molecule has 1 N–H and O–H groups in total. The fraction of sp³-hybridized carbons (Fsp3) is 0.0500. The van der Waals surface area contributed by atoms with Gasteiger partial charge in [0.15, 0.2) is 0 Å². The fourth-order valence-corrected chi connectivity index (χ4v) is 3.99. The van der Waals surface area contributed by atoms with Gasteiger partial charge in [0.25, 0.3) is 0 Å². The maximum Gasteiger partial charge on any atom is 0.502 e. The van der Waals surface area contributed by atoms with Gasteiger partial charge >= 0.3 is 7.12 Å². The van der Waals surface area contributed by atoms with Crippen LogP contribution in [0, 0.1) is 6.92 Å². The van der Waals surface area contributed by atoms with Crippen molar-refractivity contribution in [2.45, 2.75) is 11.8 Å². The molecule has 0 amide bonds. The first-order chi connectivity index (χ1) is 13.1. The lowest BCUT2D eigenvalue weighted by Gasteiger charge is -2.09. The average molecular weight is 395 g/mol. The summed E-state index contributed by atoms with van der Waals surface area (Å²) in [6.07, 6.45) is 3.55. The molecule has 4 aromatic rings. The summed E-state index contributed by atoms with van der Waals surface area (Å²) in [5.74, 6) is 0. The van der Waals surface area contributed by atoms with Gasteiger partial charge in [-0.3, -0.25) is 4.98 Å². The molecule has 2 aromatic heterocycles. The van der Waals surface area contributed by atoms with Gasteiger partial charge < -0.3 is 13.7 Å². The zero-order chi connectivity index (χ0) is 18.8. The predicted octanol–water partition coefficient (Wildman–Crippen LogP) is 4.40. The van der Waals surface area contributed by atoms with Gasteiger partial charge in [0.05, 0.1) is 22.3 Å². The molecule has 0 radical (unpaired) electrons. The molecule has 0 saturated heterocycles. The van der Waals surface area contributed by atoms with Crippen LogP contribution in [0.3, 0.4) is 0 Å². The highest BCUT2D eigenvalue weighted by Crippen LogP contribution is 2.37. The Balaban J connectivity index is 1.74. The van der Waals surface area contributed by atoms with Gasteiger partial charge in [0, 0.05) is 34.3 Å². The van der Waals surface area contributed by atoms with Gasteiger partial charge in [-0.2, -0.15) is 0 Å². The van der Waals surface area contributed by atoms with Crippen molar-refractivity contribution in [2.24, 2.45) is 0 Å². The van der Waals surface area contributed by atoms with E-state index in [0.717, 1.165) is 27.2 Å². The second-order valence-electron chi connectivity index (χ2n) is 6.07. The Labute approximate surface area is 167 Å². The standard InChI is InChI=1S/C20H16BClN2O2S/c1-14-20(27-26-21(25)15-6-3-2-4-7-15)18-10-9-16(22)12-19(18)24(14)17-8-5-11-23-13-17/h2-13,25H,1H3. The molecule has 0 unspecified atom stereocenters. The Hall–Kier alpha value is -2.25. The summed E-state index contributed by atoms with van der Waals surface area (Å²) in [5, 5.41) is 12.0. The van der Waals surface area contributed by atoms with E-state index in [0.29, 0.717) is 10.5 Å². The third-order valence-electron chi connectivity index (χ3n) is 4.32. The van der Waals surface area contributed by atoms with Crippen molar-refractivity contribution in [2.75, 3.05) is 0 Å². The summed E-state index contributed by atoms with van der Waals surface area (Å²) in [6.45, 7) is 2.02. The van der Waals surface area contributed by atoms with Crippen molar-refractivity contribution >= 4 is 47.1 Å². The van der Waals surface area contributed by atoms with Crippen LogP contribution >= 0.6 is 23.6 Å². The van der Waals surface area contributed by atoms with Crippen LogP contribution in [0.2, 0.25) is 5.02 Å². The van der Waals surface area contributed by atoms with Gasteiger partial charge in [-0.25, -0.2) is 0 Å². The molecule has 4 nitrogen and oxygen atoms in total. The van der Waals surface area contributed by atoms with Crippen molar-refractivity contribution in [3.63, 3.8) is 0 Å². The van der Waals surface area contributed by atoms with Crippen molar-refractivity contribution in [1.82, 2.24) is 9.55 Å². The van der Waals surface area contributed by atoms with Crippen molar-refractivity contribution in [1.29, 1.82) is 0 Å². The molecule has 2 aromatic carbocycles. The van der Waals surface area contributed by atoms with Crippen molar-refractivity contribution in [3.05, 3.63) is 83.8 Å². The van der Waals surface area contributed by atoms with Crippen LogP contribution < -0.4 is 5.46 Å². The van der Waals surface area contributed by atoms with E-state index in [1.807, 2.05) is 73.8 Å². The van der Waals surface area contributed by atoms with E-state index >= 15 is 0 Å². The van der Waals surface area contributed by atoms with Crippen LogP contribution in [0.25, 0.3) is 16.6 Å². The van der Waals surface area contributed by atoms with Crippen LogP contribution in [0.1, 0.15) is 5.69 Å². The molecule has 0 fully saturated rings. The Morgan fingerprint density at radius 2 is 1.93 bits per heavy atom. The number of fused-ring (bicyclic) bond motifs is 1. The van der Waals surface area contributed by atoms with Crippen LogP contribution in [0.4, 0.5) is 0 Å². The Morgan fingerprint density at radius 3 is 2.67 bits per heavy atom. The number of benzene rings is 2. The Bertz CT molecular complexity index is 1070. The largest absolute Gasteiger partial charge is 0.502 e. The molecule has 7 heteroatoms. The number of hydrogen-bond acceptors (Lipinski definition) is 4. The minimum Gasteiger partial charge on any atom is -0.422 e. The number of nitrogens with zero attached hydrogens (tertiary/aromatic N) is 2. The highest BCUT2D eigenvalue weighted by Gasteiger charge is 2.21. The third-order valence-corrected chi connectivity index (χ3v) is 5.52. The lowest BCUT2D eigenvalue weighted by atomic mass is 9.80. The molecular formula is C20H16BClN2O2S. The van der Waals surface area contributed by atoms with Crippen LogP contribution in [-0.2, 0) is 4.10 Å². The summed E-state index contributed by atoms with van der Waals surface area (Å²) >= 11 is 7.41. The number of halogens is 1. The predicted molar refractivity (Wildman–Crippen MR) is 112 cm³/mol. The second kappa shape index (κ2) is 7.78. The van der Waals surface area contributed by atoms with E-state index in [1.54, 1.807) is 6.20 Å². The van der Waals surface area contributed by atoms with E-state index in [2.05, 4.69) is 9.55 Å². The molecule has 27 heavy (non-hydrogen) atoms. The molecule has 0 atom stereocenters. The first-order valence-electron chi connectivity index (χ1n) is 8.42. The molecule has 2 heterocycles. The molecule has 4 rings (SSSR count). The molecule has 0 aliphatic carbocycles. The second-order valence-corrected chi connectivity index (χ2v) is 7.27. The number of hydrogen-bond donors (Lipinski definition) is 1. The van der Waals surface area contributed by atoms with E-state index in [-0.39, 0.29) is 0 Å². The number of pyridine rings is 1. The average Bonchev–Trinajstić information content (AvgIpc) is 2.98. The molecule has 0 aliphatic rings. The maximum absolute atomic E-state index is 10.3. The summed E-state index contributed by atoms with van der Waals surface area (Å²) in [5.41, 5.74) is 3.61. The minimum atomic E-state index is -1.01. The number of aromatic nitrogens is 2. The number of rotatable bonds is 5. The zero-order valence-corrected chi connectivity index (χ0v) is 16.1. The molecule has 0 spiro atoms. The third kappa shape index (κ3) is 3.62. The van der Waals surface area contributed by atoms with E-state index in [9.17, 15) is 5.02 Å². The molecule has 134 valence electrons. The summed E-state index contributed by atoms with van der Waals surface area (Å²) in [7, 11) is -1.01. The summed E-state index contributed by atoms with van der Waals surface area (Å²) < 4.78 is 7.78. The summed E-state index contributed by atoms with van der Waals surface area (Å²) in [4.78, 5) is 5.15. The Morgan fingerprint density at radius 1 is 1.11 bits per heavy atom. The molecule has 0 aliphatic heterocycles. The smallest absolute Gasteiger partial charge is 0.422 e. The van der Waals surface area contributed by atoms with Gasteiger partial charge in [0.2, 0.25) is 0 Å². The van der Waals surface area contributed by atoms with Gasteiger partial charge in [-0.15, -0.1) is 0 Å². The molecule has 0 saturated carbocycles. The highest BCUT2D eigenvalue weighted by atomic mass is 35.5. The maximum atomic E-state index is 10.3. The SMILES string of the molecule is Cc1c(SOB(O)c2ccccc2)c2ccc(Cl)cc2n1-c1cccnc1. The van der Waals surface area contributed by atoms with E-state index in [1.165, 1.54) is 12.0 Å². The van der Waals surface area contributed by atoms with Crippen molar-refractivity contribution in [3.8, 4) is 5.69 Å². The molecular weight excluding hydrogens is 379 g/mol.